The van der Waals surface area contributed by atoms with Crippen molar-refractivity contribution in [1.29, 1.82) is 5.26 Å². The smallest absolute Gasteiger partial charge is 0.293 e. The summed E-state index contributed by atoms with van der Waals surface area (Å²) in [6.45, 7) is 3.35. The average molecular weight is 276 g/mol. The Morgan fingerprint density at radius 2 is 2.21 bits per heavy atom. The number of nitrogens with one attached hydrogen (secondary N) is 1. The fourth-order valence-corrected chi connectivity index (χ4v) is 1.83. The Kier molecular flexibility index (Phi) is 3.54. The van der Waals surface area contributed by atoms with E-state index in [9.17, 15) is 4.79 Å². The van der Waals surface area contributed by atoms with E-state index in [1.165, 1.54) is 6.07 Å². The van der Waals surface area contributed by atoms with Crippen LogP contribution < -0.4 is 5.32 Å². The SMILES string of the molecule is Cc1nc(C)c(C(=O)Nc2ccc(C#N)cc2Cl)o1. The number of aromatic nitrogens is 1. The minimum atomic E-state index is -0.426. The molecule has 0 atom stereocenters. The summed E-state index contributed by atoms with van der Waals surface area (Å²) in [6, 6.07) is 6.58. The van der Waals surface area contributed by atoms with Crippen LogP contribution in [0.2, 0.25) is 5.02 Å². The van der Waals surface area contributed by atoms with Gasteiger partial charge in [-0.1, -0.05) is 11.6 Å². The number of nitriles is 1. The second-order valence-corrected chi connectivity index (χ2v) is 4.32. The van der Waals surface area contributed by atoms with Crippen LogP contribution in [0.5, 0.6) is 0 Å². The molecule has 2 rings (SSSR count). The number of carbonyl (C=O) groups excluding carboxylic acids is 1. The van der Waals surface area contributed by atoms with Gasteiger partial charge in [0.25, 0.3) is 5.91 Å². The lowest BCUT2D eigenvalue weighted by molar-refractivity contribution is 0.0994. The fourth-order valence-electron chi connectivity index (χ4n) is 1.61. The zero-order valence-electron chi connectivity index (χ0n) is 10.3. The predicted molar refractivity (Wildman–Crippen MR) is 70.1 cm³/mol. The number of halogens is 1. The normalized spacial score (nSPS) is 10.0. The van der Waals surface area contributed by atoms with E-state index in [1.54, 1.807) is 26.0 Å². The molecule has 1 aromatic carbocycles. The van der Waals surface area contributed by atoms with Crippen LogP contribution in [0.4, 0.5) is 5.69 Å². The molecule has 1 N–H and O–H groups in total. The van der Waals surface area contributed by atoms with E-state index in [1.807, 2.05) is 6.07 Å². The van der Waals surface area contributed by atoms with Crippen LogP contribution in [0.25, 0.3) is 0 Å². The van der Waals surface area contributed by atoms with Gasteiger partial charge in [0.15, 0.2) is 5.89 Å². The quantitative estimate of drug-likeness (QED) is 0.913. The molecular formula is C13H10ClN3O2. The first-order valence-corrected chi connectivity index (χ1v) is 5.84. The number of hydrogen-bond donors (Lipinski definition) is 1. The number of rotatable bonds is 2. The number of nitrogens with zero attached hydrogens (tertiary/aromatic N) is 2. The zero-order chi connectivity index (χ0) is 14.0. The second kappa shape index (κ2) is 5.12. The molecule has 0 radical (unpaired) electrons. The van der Waals surface area contributed by atoms with Crippen molar-refractivity contribution in [2.24, 2.45) is 0 Å². The molecule has 0 unspecified atom stereocenters. The number of hydrogen-bond acceptors (Lipinski definition) is 4. The third-order valence-corrected chi connectivity index (χ3v) is 2.77. The maximum absolute atomic E-state index is 12.0. The first-order valence-electron chi connectivity index (χ1n) is 5.46. The van der Waals surface area contributed by atoms with Gasteiger partial charge >= 0.3 is 0 Å². The van der Waals surface area contributed by atoms with Gasteiger partial charge in [-0.25, -0.2) is 4.98 Å². The highest BCUT2D eigenvalue weighted by Crippen LogP contribution is 2.23. The van der Waals surface area contributed by atoms with E-state index in [0.717, 1.165) is 0 Å². The summed E-state index contributed by atoms with van der Waals surface area (Å²) in [6.07, 6.45) is 0. The Balaban J connectivity index is 2.25. The molecule has 5 nitrogen and oxygen atoms in total. The average Bonchev–Trinajstić information content (AvgIpc) is 2.71. The molecule has 0 aliphatic rings. The lowest BCUT2D eigenvalue weighted by atomic mass is 10.2. The Bertz CT molecular complexity index is 686. The van der Waals surface area contributed by atoms with Gasteiger partial charge in [0.2, 0.25) is 5.76 Å². The van der Waals surface area contributed by atoms with E-state index >= 15 is 0 Å². The molecule has 0 fully saturated rings. The minimum Gasteiger partial charge on any atom is -0.436 e. The molecule has 0 saturated heterocycles. The summed E-state index contributed by atoms with van der Waals surface area (Å²) in [5.74, 6) is 0.149. The molecule has 0 bridgehead atoms. The maximum Gasteiger partial charge on any atom is 0.293 e. The number of anilines is 1. The van der Waals surface area contributed by atoms with Crippen LogP contribution in [0.3, 0.4) is 0 Å². The number of carbonyl (C=O) groups is 1. The Morgan fingerprint density at radius 3 is 2.74 bits per heavy atom. The van der Waals surface area contributed by atoms with E-state index in [2.05, 4.69) is 10.3 Å². The van der Waals surface area contributed by atoms with E-state index in [4.69, 9.17) is 21.3 Å². The van der Waals surface area contributed by atoms with Crippen molar-refractivity contribution in [2.75, 3.05) is 5.32 Å². The summed E-state index contributed by atoms with van der Waals surface area (Å²) in [5, 5.41) is 11.6. The van der Waals surface area contributed by atoms with Gasteiger partial charge in [0, 0.05) is 6.92 Å². The standard InChI is InChI=1S/C13H10ClN3O2/c1-7-12(19-8(2)16-7)13(18)17-11-4-3-9(6-15)5-10(11)14/h3-5H,1-2H3,(H,17,18). The van der Waals surface area contributed by atoms with Gasteiger partial charge in [-0.05, 0) is 25.1 Å². The number of aryl methyl sites for hydroxylation is 2. The molecule has 6 heteroatoms. The topological polar surface area (TPSA) is 78.9 Å². The summed E-state index contributed by atoms with van der Waals surface area (Å²) in [4.78, 5) is 16.0. The molecule has 0 aliphatic heterocycles. The van der Waals surface area contributed by atoms with Gasteiger partial charge < -0.3 is 9.73 Å². The molecular weight excluding hydrogens is 266 g/mol. The van der Waals surface area contributed by atoms with Gasteiger partial charge in [-0.2, -0.15) is 5.26 Å². The van der Waals surface area contributed by atoms with Crippen molar-refractivity contribution in [2.45, 2.75) is 13.8 Å². The van der Waals surface area contributed by atoms with Crippen molar-refractivity contribution in [3.05, 3.63) is 46.1 Å². The molecule has 96 valence electrons. The first kappa shape index (κ1) is 13.1. The number of benzene rings is 1. The van der Waals surface area contributed by atoms with Crippen LogP contribution in [0.15, 0.2) is 22.6 Å². The molecule has 0 spiro atoms. The molecule has 0 saturated carbocycles. The van der Waals surface area contributed by atoms with Gasteiger partial charge in [-0.15, -0.1) is 0 Å². The third-order valence-electron chi connectivity index (χ3n) is 2.46. The van der Waals surface area contributed by atoms with Crippen LogP contribution in [-0.4, -0.2) is 10.9 Å². The molecule has 1 amide bonds. The monoisotopic (exact) mass is 275 g/mol. The van der Waals surface area contributed by atoms with Crippen molar-refractivity contribution < 1.29 is 9.21 Å². The van der Waals surface area contributed by atoms with E-state index in [-0.39, 0.29) is 5.76 Å². The van der Waals surface area contributed by atoms with Crippen molar-refractivity contribution >= 4 is 23.2 Å². The van der Waals surface area contributed by atoms with Crippen LogP contribution in [-0.2, 0) is 0 Å². The van der Waals surface area contributed by atoms with Gasteiger partial charge in [0.05, 0.1) is 28.0 Å². The van der Waals surface area contributed by atoms with Gasteiger partial charge in [0.1, 0.15) is 0 Å². The Labute approximate surface area is 114 Å². The van der Waals surface area contributed by atoms with Crippen molar-refractivity contribution in [3.8, 4) is 6.07 Å². The zero-order valence-corrected chi connectivity index (χ0v) is 11.1. The fraction of sp³-hybridized carbons (Fsp3) is 0.154. The molecule has 1 aromatic heterocycles. The van der Waals surface area contributed by atoms with Crippen LogP contribution in [0, 0.1) is 25.2 Å². The van der Waals surface area contributed by atoms with Crippen molar-refractivity contribution in [3.63, 3.8) is 0 Å². The third kappa shape index (κ3) is 2.75. The molecule has 19 heavy (non-hydrogen) atoms. The van der Waals surface area contributed by atoms with Crippen LogP contribution >= 0.6 is 11.6 Å². The van der Waals surface area contributed by atoms with Crippen molar-refractivity contribution in [1.82, 2.24) is 4.98 Å². The number of amides is 1. The van der Waals surface area contributed by atoms with Crippen LogP contribution in [0.1, 0.15) is 27.7 Å². The Morgan fingerprint density at radius 1 is 1.47 bits per heavy atom. The maximum atomic E-state index is 12.0. The molecule has 1 heterocycles. The summed E-state index contributed by atoms with van der Waals surface area (Å²) < 4.78 is 5.21. The Hall–Kier alpha value is -2.32. The van der Waals surface area contributed by atoms with Gasteiger partial charge in [-0.3, -0.25) is 4.79 Å². The lowest BCUT2D eigenvalue weighted by Gasteiger charge is -2.05. The molecule has 2 aromatic rings. The molecule has 0 aliphatic carbocycles. The van der Waals surface area contributed by atoms with E-state index in [0.29, 0.717) is 27.9 Å². The van der Waals surface area contributed by atoms with E-state index < -0.39 is 5.91 Å². The highest BCUT2D eigenvalue weighted by atomic mass is 35.5. The largest absolute Gasteiger partial charge is 0.436 e. The summed E-state index contributed by atoms with van der Waals surface area (Å²) >= 11 is 5.97. The summed E-state index contributed by atoms with van der Waals surface area (Å²) in [7, 11) is 0. The predicted octanol–water partition coefficient (Wildman–Crippen LogP) is 3.07. The lowest BCUT2D eigenvalue weighted by Crippen LogP contribution is -2.12. The minimum absolute atomic E-state index is 0.151. The second-order valence-electron chi connectivity index (χ2n) is 3.91. The highest BCUT2D eigenvalue weighted by Gasteiger charge is 2.17. The first-order chi connectivity index (χ1) is 9.01. The number of oxazole rings is 1. The summed E-state index contributed by atoms with van der Waals surface area (Å²) in [5.41, 5.74) is 1.36. The highest BCUT2D eigenvalue weighted by molar-refractivity contribution is 6.34.